The van der Waals surface area contributed by atoms with Crippen molar-refractivity contribution in [2.24, 2.45) is 11.7 Å². The number of carbonyl (C=O) groups is 1. The Hall–Kier alpha value is -1.07. The number of aryl methyl sites for hydroxylation is 1. The van der Waals surface area contributed by atoms with Gasteiger partial charge in [0.1, 0.15) is 0 Å². The predicted molar refractivity (Wildman–Crippen MR) is 80.1 cm³/mol. The molecule has 2 aliphatic carbocycles. The topological polar surface area (TPSA) is 83.8 Å². The molecule has 1 aromatic heterocycles. The van der Waals surface area contributed by atoms with E-state index >= 15 is 0 Å². The standard InChI is InChI=1S/C14H22N4O.ClH/c15-8-9-4-1-2-6-11(9)16-14(19)13-10-5-3-7-12(10)17-18-13;/h9,11H,1-8,15H2,(H,16,19)(H,17,18);1H. The Kier molecular flexibility index (Phi) is 5.05. The van der Waals surface area contributed by atoms with Gasteiger partial charge in [0.2, 0.25) is 0 Å². The minimum absolute atomic E-state index is 0. The molecular formula is C14H23ClN4O. The number of nitrogens with two attached hydrogens (primary N) is 1. The number of amides is 1. The highest BCUT2D eigenvalue weighted by atomic mass is 35.5. The molecule has 1 amide bonds. The van der Waals surface area contributed by atoms with Crippen molar-refractivity contribution in [3.63, 3.8) is 0 Å². The Labute approximate surface area is 125 Å². The molecule has 4 N–H and O–H groups in total. The van der Waals surface area contributed by atoms with Gasteiger partial charge < -0.3 is 11.1 Å². The average molecular weight is 299 g/mol. The second-order valence-corrected chi connectivity index (χ2v) is 5.74. The number of hydrogen-bond donors (Lipinski definition) is 3. The number of aromatic nitrogens is 2. The molecule has 1 fully saturated rings. The van der Waals surface area contributed by atoms with E-state index in [1.165, 1.54) is 12.8 Å². The van der Waals surface area contributed by atoms with E-state index in [1.807, 2.05) is 0 Å². The van der Waals surface area contributed by atoms with Gasteiger partial charge in [-0.05, 0) is 44.6 Å². The number of nitrogens with zero attached hydrogens (tertiary/aromatic N) is 1. The normalized spacial score (nSPS) is 24.9. The van der Waals surface area contributed by atoms with Crippen LogP contribution in [0, 0.1) is 5.92 Å². The van der Waals surface area contributed by atoms with Crippen LogP contribution in [0.3, 0.4) is 0 Å². The lowest BCUT2D eigenvalue weighted by Gasteiger charge is -2.31. The summed E-state index contributed by atoms with van der Waals surface area (Å²) in [4.78, 5) is 12.4. The van der Waals surface area contributed by atoms with Gasteiger partial charge in [0.25, 0.3) is 5.91 Å². The molecule has 0 radical (unpaired) electrons. The van der Waals surface area contributed by atoms with E-state index in [0.29, 0.717) is 18.2 Å². The Balaban J connectivity index is 0.00000147. The van der Waals surface area contributed by atoms with Crippen LogP contribution in [0.25, 0.3) is 0 Å². The Morgan fingerprint density at radius 3 is 2.90 bits per heavy atom. The van der Waals surface area contributed by atoms with Crippen molar-refractivity contribution in [1.29, 1.82) is 0 Å². The molecule has 0 spiro atoms. The quantitative estimate of drug-likeness (QED) is 0.792. The van der Waals surface area contributed by atoms with Crippen LogP contribution in [0.15, 0.2) is 0 Å². The SMILES string of the molecule is Cl.NCC1CCCCC1NC(=O)c1n[nH]c2c1CCC2. The van der Waals surface area contributed by atoms with Gasteiger partial charge in [-0.15, -0.1) is 12.4 Å². The van der Waals surface area contributed by atoms with E-state index in [-0.39, 0.29) is 24.4 Å². The molecule has 1 heterocycles. The molecular weight excluding hydrogens is 276 g/mol. The summed E-state index contributed by atoms with van der Waals surface area (Å²) in [5, 5.41) is 10.3. The van der Waals surface area contributed by atoms with Crippen molar-refractivity contribution in [2.45, 2.75) is 51.0 Å². The number of hydrogen-bond acceptors (Lipinski definition) is 3. The summed E-state index contributed by atoms with van der Waals surface area (Å²) >= 11 is 0. The second kappa shape index (κ2) is 6.59. The molecule has 0 saturated heterocycles. The maximum absolute atomic E-state index is 12.4. The van der Waals surface area contributed by atoms with Gasteiger partial charge in [-0.3, -0.25) is 9.89 Å². The van der Waals surface area contributed by atoms with E-state index < -0.39 is 0 Å². The highest BCUT2D eigenvalue weighted by molar-refractivity contribution is 5.94. The Bertz CT molecular complexity index is 474. The summed E-state index contributed by atoms with van der Waals surface area (Å²) < 4.78 is 0. The molecule has 112 valence electrons. The number of nitrogens with one attached hydrogen (secondary N) is 2. The van der Waals surface area contributed by atoms with Crippen molar-refractivity contribution in [3.8, 4) is 0 Å². The summed E-state index contributed by atoms with van der Waals surface area (Å²) in [6.07, 6.45) is 7.69. The number of fused-ring (bicyclic) bond motifs is 1. The van der Waals surface area contributed by atoms with Crippen molar-refractivity contribution >= 4 is 18.3 Å². The lowest BCUT2D eigenvalue weighted by molar-refractivity contribution is 0.0902. The lowest BCUT2D eigenvalue weighted by atomic mass is 9.84. The third kappa shape index (κ3) is 2.83. The monoisotopic (exact) mass is 298 g/mol. The molecule has 20 heavy (non-hydrogen) atoms. The smallest absolute Gasteiger partial charge is 0.272 e. The third-order valence-corrected chi connectivity index (χ3v) is 4.55. The summed E-state index contributed by atoms with van der Waals surface area (Å²) in [5.41, 5.74) is 8.68. The molecule has 2 aliphatic rings. The van der Waals surface area contributed by atoms with Crippen molar-refractivity contribution in [3.05, 3.63) is 17.0 Å². The minimum Gasteiger partial charge on any atom is -0.348 e. The molecule has 1 aromatic rings. The maximum Gasteiger partial charge on any atom is 0.272 e. The molecule has 2 unspecified atom stereocenters. The number of H-pyrrole nitrogens is 1. The second-order valence-electron chi connectivity index (χ2n) is 5.74. The van der Waals surface area contributed by atoms with Gasteiger partial charge in [-0.1, -0.05) is 12.8 Å². The zero-order valence-corrected chi connectivity index (χ0v) is 12.5. The molecule has 0 bridgehead atoms. The zero-order valence-electron chi connectivity index (χ0n) is 11.7. The molecule has 0 aromatic carbocycles. The molecule has 2 atom stereocenters. The fourth-order valence-corrected chi connectivity index (χ4v) is 3.42. The van der Waals surface area contributed by atoms with Crippen LogP contribution in [0.1, 0.15) is 53.8 Å². The molecule has 0 aliphatic heterocycles. The largest absolute Gasteiger partial charge is 0.348 e. The first-order valence-corrected chi connectivity index (χ1v) is 7.36. The van der Waals surface area contributed by atoms with E-state index in [9.17, 15) is 4.79 Å². The van der Waals surface area contributed by atoms with Gasteiger partial charge in [0.05, 0.1) is 0 Å². The van der Waals surface area contributed by atoms with Crippen LogP contribution in [0.4, 0.5) is 0 Å². The fourth-order valence-electron chi connectivity index (χ4n) is 3.42. The first-order chi connectivity index (χ1) is 9.29. The van der Waals surface area contributed by atoms with Crippen molar-refractivity contribution in [2.75, 3.05) is 6.54 Å². The van der Waals surface area contributed by atoms with E-state index in [4.69, 9.17) is 5.73 Å². The molecule has 6 heteroatoms. The Morgan fingerprint density at radius 2 is 2.10 bits per heavy atom. The summed E-state index contributed by atoms with van der Waals surface area (Å²) in [6, 6.07) is 0.222. The minimum atomic E-state index is -0.0234. The fraction of sp³-hybridized carbons (Fsp3) is 0.714. The third-order valence-electron chi connectivity index (χ3n) is 4.55. The van der Waals surface area contributed by atoms with Crippen LogP contribution in [-0.2, 0) is 12.8 Å². The number of rotatable bonds is 3. The zero-order chi connectivity index (χ0) is 13.2. The van der Waals surface area contributed by atoms with Gasteiger partial charge in [0, 0.05) is 17.3 Å². The van der Waals surface area contributed by atoms with Gasteiger partial charge >= 0.3 is 0 Å². The number of carbonyl (C=O) groups excluding carboxylic acids is 1. The lowest BCUT2D eigenvalue weighted by Crippen LogP contribution is -2.45. The first kappa shape index (κ1) is 15.3. The van der Waals surface area contributed by atoms with Crippen LogP contribution in [-0.4, -0.2) is 28.7 Å². The first-order valence-electron chi connectivity index (χ1n) is 7.36. The van der Waals surface area contributed by atoms with E-state index in [1.54, 1.807) is 0 Å². The summed E-state index contributed by atoms with van der Waals surface area (Å²) in [5.74, 6) is 0.398. The van der Waals surface area contributed by atoms with Gasteiger partial charge in [-0.25, -0.2) is 0 Å². The van der Waals surface area contributed by atoms with E-state index in [0.717, 1.165) is 43.4 Å². The van der Waals surface area contributed by atoms with Crippen molar-refractivity contribution in [1.82, 2.24) is 15.5 Å². The highest BCUT2D eigenvalue weighted by Gasteiger charge is 2.28. The molecule has 1 saturated carbocycles. The van der Waals surface area contributed by atoms with Gasteiger partial charge in [-0.2, -0.15) is 5.10 Å². The molecule has 3 rings (SSSR count). The highest BCUT2D eigenvalue weighted by Crippen LogP contribution is 2.25. The van der Waals surface area contributed by atoms with E-state index in [2.05, 4.69) is 15.5 Å². The van der Waals surface area contributed by atoms with Crippen LogP contribution in [0.5, 0.6) is 0 Å². The van der Waals surface area contributed by atoms with Crippen LogP contribution < -0.4 is 11.1 Å². The average Bonchev–Trinajstić information content (AvgIpc) is 3.01. The molecule has 5 nitrogen and oxygen atoms in total. The maximum atomic E-state index is 12.4. The van der Waals surface area contributed by atoms with Crippen LogP contribution >= 0.6 is 12.4 Å². The van der Waals surface area contributed by atoms with Gasteiger partial charge in [0.15, 0.2) is 5.69 Å². The summed E-state index contributed by atoms with van der Waals surface area (Å²) in [7, 11) is 0. The number of aromatic amines is 1. The van der Waals surface area contributed by atoms with Crippen LogP contribution in [0.2, 0.25) is 0 Å². The summed E-state index contributed by atoms with van der Waals surface area (Å²) in [6.45, 7) is 0.656. The predicted octanol–water partition coefficient (Wildman–Crippen LogP) is 1.57. The van der Waals surface area contributed by atoms with Crippen molar-refractivity contribution < 1.29 is 4.79 Å². The number of halogens is 1. The Morgan fingerprint density at radius 1 is 1.30 bits per heavy atom.